The number of methoxy groups -OCH3 is 1. The third-order valence-corrected chi connectivity index (χ3v) is 6.03. The van der Waals surface area contributed by atoms with Crippen LogP contribution in [0.25, 0.3) is 10.9 Å². The van der Waals surface area contributed by atoms with Gasteiger partial charge in [0.2, 0.25) is 0 Å². The number of non-ortho nitro benzene ring substituents is 1. The van der Waals surface area contributed by atoms with Crippen molar-refractivity contribution < 1.29 is 27.9 Å². The summed E-state index contributed by atoms with van der Waals surface area (Å²) in [4.78, 5) is 10.7. The van der Waals surface area contributed by atoms with E-state index in [0.717, 1.165) is 11.6 Å². The Bertz CT molecular complexity index is 1370. The minimum Gasteiger partial charge on any atom is -0.497 e. The Labute approximate surface area is 204 Å². The van der Waals surface area contributed by atoms with E-state index in [-0.39, 0.29) is 35.2 Å². The molecule has 0 fully saturated rings. The van der Waals surface area contributed by atoms with Crippen LogP contribution in [0.1, 0.15) is 16.7 Å². The Morgan fingerprint density at radius 1 is 1.03 bits per heavy atom. The zero-order valence-electron chi connectivity index (χ0n) is 19.3. The van der Waals surface area contributed by atoms with Crippen LogP contribution in [0.3, 0.4) is 0 Å². The normalized spacial score (nSPS) is 13.5. The Balaban J connectivity index is 1.74. The van der Waals surface area contributed by atoms with Crippen molar-refractivity contribution in [2.45, 2.75) is 24.9 Å². The first kappa shape index (κ1) is 25.2. The summed E-state index contributed by atoms with van der Waals surface area (Å²) in [5, 5.41) is 25.2. The third kappa shape index (κ3) is 5.05. The molecule has 1 atom stereocenters. The number of aliphatic hydroxyl groups is 1. The van der Waals surface area contributed by atoms with E-state index in [1.165, 1.54) is 30.0 Å². The lowest BCUT2D eigenvalue weighted by atomic mass is 9.92. The van der Waals surface area contributed by atoms with Gasteiger partial charge in [0.15, 0.2) is 5.60 Å². The number of alkyl halides is 3. The summed E-state index contributed by atoms with van der Waals surface area (Å²) in [6, 6.07) is 19.5. The molecule has 0 aliphatic carbocycles. The Morgan fingerprint density at radius 2 is 1.75 bits per heavy atom. The minimum absolute atomic E-state index is 0.0592. The fraction of sp³-hybridized carbons (Fsp3) is 0.231. The maximum atomic E-state index is 14.4. The van der Waals surface area contributed by atoms with Gasteiger partial charge in [0, 0.05) is 48.9 Å². The van der Waals surface area contributed by atoms with Crippen LogP contribution in [0, 0.1) is 10.1 Å². The van der Waals surface area contributed by atoms with E-state index >= 15 is 0 Å². The molecule has 1 heterocycles. The molecule has 0 saturated heterocycles. The first-order valence-electron chi connectivity index (χ1n) is 11.1. The molecule has 0 aliphatic rings. The number of benzene rings is 3. The SMILES string of the molecule is COc1cccc(CNCC(O)(c2cn(Cc3ccccc3)c3cc([N+](=O)[O-])ccc23)C(F)(F)F)c1. The quantitative estimate of drug-likeness (QED) is 0.246. The molecule has 0 bridgehead atoms. The lowest BCUT2D eigenvalue weighted by molar-refractivity contribution is -0.384. The summed E-state index contributed by atoms with van der Waals surface area (Å²) in [6.07, 6.45) is -3.80. The molecule has 0 aliphatic heterocycles. The monoisotopic (exact) mass is 499 g/mol. The van der Waals surface area contributed by atoms with Crippen molar-refractivity contribution in [3.8, 4) is 5.75 Å². The summed E-state index contributed by atoms with van der Waals surface area (Å²) in [6.45, 7) is -0.595. The van der Waals surface area contributed by atoms with Gasteiger partial charge in [-0.2, -0.15) is 13.2 Å². The smallest absolute Gasteiger partial charge is 0.422 e. The fourth-order valence-electron chi connectivity index (χ4n) is 4.15. The van der Waals surface area contributed by atoms with Crippen LogP contribution in [-0.2, 0) is 18.7 Å². The molecule has 10 heteroatoms. The van der Waals surface area contributed by atoms with Crippen molar-refractivity contribution in [2.24, 2.45) is 0 Å². The number of nitrogens with zero attached hydrogens (tertiary/aromatic N) is 2. The van der Waals surface area contributed by atoms with Crippen molar-refractivity contribution in [2.75, 3.05) is 13.7 Å². The molecule has 36 heavy (non-hydrogen) atoms. The van der Waals surface area contributed by atoms with Crippen LogP contribution < -0.4 is 10.1 Å². The molecular formula is C26H24F3N3O4. The van der Waals surface area contributed by atoms with Gasteiger partial charge < -0.3 is 19.7 Å². The standard InChI is InChI=1S/C26H24F3N3O4/c1-36-21-9-5-8-19(12-21)14-30-17-25(33,26(27,28)29)23-16-31(15-18-6-3-2-4-7-18)24-13-20(32(34)35)10-11-22(23)24/h2-13,16,30,33H,14-15,17H2,1H3. The zero-order chi connectivity index (χ0) is 25.9. The molecule has 2 N–H and O–H groups in total. The van der Waals surface area contributed by atoms with E-state index in [1.54, 1.807) is 48.5 Å². The summed E-state index contributed by atoms with van der Waals surface area (Å²) < 4.78 is 49.8. The van der Waals surface area contributed by atoms with Gasteiger partial charge in [-0.15, -0.1) is 0 Å². The highest BCUT2D eigenvalue weighted by Crippen LogP contribution is 2.43. The van der Waals surface area contributed by atoms with Crippen molar-refractivity contribution in [3.05, 3.63) is 106 Å². The van der Waals surface area contributed by atoms with Gasteiger partial charge in [-0.1, -0.05) is 42.5 Å². The van der Waals surface area contributed by atoms with Crippen LogP contribution >= 0.6 is 0 Å². The summed E-state index contributed by atoms with van der Waals surface area (Å²) in [7, 11) is 1.49. The highest BCUT2D eigenvalue weighted by molar-refractivity contribution is 5.87. The Kier molecular flexibility index (Phi) is 7.00. The number of aromatic nitrogens is 1. The molecular weight excluding hydrogens is 475 g/mol. The second-order valence-electron chi connectivity index (χ2n) is 8.43. The van der Waals surface area contributed by atoms with Gasteiger partial charge in [0.1, 0.15) is 5.75 Å². The van der Waals surface area contributed by atoms with Crippen molar-refractivity contribution >= 4 is 16.6 Å². The van der Waals surface area contributed by atoms with Gasteiger partial charge in [-0.25, -0.2) is 0 Å². The second-order valence-corrected chi connectivity index (χ2v) is 8.43. The molecule has 188 valence electrons. The van der Waals surface area contributed by atoms with Crippen molar-refractivity contribution in [1.82, 2.24) is 9.88 Å². The van der Waals surface area contributed by atoms with Crippen LogP contribution in [0.15, 0.2) is 79.0 Å². The van der Waals surface area contributed by atoms with E-state index in [2.05, 4.69) is 5.32 Å². The summed E-state index contributed by atoms with van der Waals surface area (Å²) >= 11 is 0. The van der Waals surface area contributed by atoms with Crippen molar-refractivity contribution in [3.63, 3.8) is 0 Å². The summed E-state index contributed by atoms with van der Waals surface area (Å²) in [5.74, 6) is 0.561. The second kappa shape index (κ2) is 10.00. The van der Waals surface area contributed by atoms with Crippen LogP contribution in [0.4, 0.5) is 18.9 Å². The topological polar surface area (TPSA) is 89.6 Å². The molecule has 3 aromatic carbocycles. The number of halogens is 3. The van der Waals surface area contributed by atoms with Gasteiger partial charge >= 0.3 is 6.18 Å². The lowest BCUT2D eigenvalue weighted by Gasteiger charge is -2.31. The number of fused-ring (bicyclic) bond motifs is 1. The van der Waals surface area contributed by atoms with Gasteiger partial charge in [0.25, 0.3) is 5.69 Å². The molecule has 0 radical (unpaired) electrons. The molecule has 0 saturated carbocycles. The Morgan fingerprint density at radius 3 is 2.42 bits per heavy atom. The average molecular weight is 499 g/mol. The highest BCUT2D eigenvalue weighted by Gasteiger charge is 2.56. The molecule has 4 rings (SSSR count). The maximum Gasteiger partial charge on any atom is 0.422 e. The molecule has 4 aromatic rings. The van der Waals surface area contributed by atoms with E-state index in [4.69, 9.17) is 4.74 Å². The highest BCUT2D eigenvalue weighted by atomic mass is 19.4. The predicted molar refractivity (Wildman–Crippen MR) is 129 cm³/mol. The molecule has 7 nitrogen and oxygen atoms in total. The number of nitro benzene ring substituents is 1. The largest absolute Gasteiger partial charge is 0.497 e. The first-order valence-corrected chi connectivity index (χ1v) is 11.1. The number of hydrogen-bond donors (Lipinski definition) is 2. The van der Waals surface area contributed by atoms with E-state index in [9.17, 15) is 28.4 Å². The van der Waals surface area contributed by atoms with E-state index in [0.29, 0.717) is 11.3 Å². The number of rotatable bonds is 9. The van der Waals surface area contributed by atoms with Crippen LogP contribution in [0.5, 0.6) is 5.75 Å². The van der Waals surface area contributed by atoms with Crippen LogP contribution in [0.2, 0.25) is 0 Å². The average Bonchev–Trinajstić information content (AvgIpc) is 3.22. The molecule has 1 unspecified atom stereocenters. The van der Waals surface area contributed by atoms with E-state index in [1.807, 2.05) is 6.07 Å². The number of ether oxygens (including phenoxy) is 1. The van der Waals surface area contributed by atoms with Gasteiger partial charge in [0.05, 0.1) is 17.5 Å². The number of nitro groups is 1. The molecule has 0 amide bonds. The van der Waals surface area contributed by atoms with E-state index < -0.39 is 23.2 Å². The molecule has 0 spiro atoms. The Hall–Kier alpha value is -3.89. The van der Waals surface area contributed by atoms with Crippen LogP contribution in [-0.4, -0.2) is 34.4 Å². The van der Waals surface area contributed by atoms with Gasteiger partial charge in [-0.3, -0.25) is 10.1 Å². The zero-order valence-corrected chi connectivity index (χ0v) is 19.3. The van der Waals surface area contributed by atoms with Gasteiger partial charge in [-0.05, 0) is 29.3 Å². The number of hydrogen-bond acceptors (Lipinski definition) is 5. The fourth-order valence-corrected chi connectivity index (χ4v) is 4.15. The lowest BCUT2D eigenvalue weighted by Crippen LogP contribution is -2.49. The summed E-state index contributed by atoms with van der Waals surface area (Å²) in [5.41, 5.74) is -2.19. The maximum absolute atomic E-state index is 14.4. The predicted octanol–water partition coefficient (Wildman–Crippen LogP) is 5.15. The third-order valence-electron chi connectivity index (χ3n) is 6.03. The minimum atomic E-state index is -5.03. The number of nitrogens with one attached hydrogen (secondary N) is 1. The first-order chi connectivity index (χ1) is 17.1. The van der Waals surface area contributed by atoms with Crippen molar-refractivity contribution in [1.29, 1.82) is 0 Å². The molecule has 1 aromatic heterocycles.